The Balaban J connectivity index is 1.89. The first kappa shape index (κ1) is 9.29. The molecule has 0 radical (unpaired) electrons. The summed E-state index contributed by atoms with van der Waals surface area (Å²) < 4.78 is 0.992. The van der Waals surface area contributed by atoms with Crippen LogP contribution in [0.3, 0.4) is 0 Å². The number of alkyl halides is 1. The zero-order chi connectivity index (χ0) is 8.60. The third-order valence-electron chi connectivity index (χ3n) is 4.12. The second kappa shape index (κ2) is 3.47. The standard InChI is InChI=1S/C11H19I/c1-2-11(7-8-11)9-3-5-10(12)6-4-9/h9-10H,2-8H2,1H3. The first-order chi connectivity index (χ1) is 5.77. The fourth-order valence-corrected chi connectivity index (χ4v) is 3.60. The van der Waals surface area contributed by atoms with Gasteiger partial charge in [0.05, 0.1) is 0 Å². The molecule has 0 unspecified atom stereocenters. The molecule has 0 aromatic heterocycles. The van der Waals surface area contributed by atoms with Gasteiger partial charge in [0.1, 0.15) is 0 Å². The van der Waals surface area contributed by atoms with Crippen LogP contribution in [-0.2, 0) is 0 Å². The van der Waals surface area contributed by atoms with Crippen LogP contribution >= 0.6 is 22.6 Å². The zero-order valence-electron chi connectivity index (χ0n) is 7.98. The van der Waals surface area contributed by atoms with Gasteiger partial charge in [-0.2, -0.15) is 0 Å². The monoisotopic (exact) mass is 278 g/mol. The maximum absolute atomic E-state index is 2.63. The predicted molar refractivity (Wildman–Crippen MR) is 61.7 cm³/mol. The Kier molecular flexibility index (Phi) is 2.69. The van der Waals surface area contributed by atoms with E-state index in [-0.39, 0.29) is 0 Å². The van der Waals surface area contributed by atoms with E-state index >= 15 is 0 Å². The van der Waals surface area contributed by atoms with Crippen molar-refractivity contribution in [1.82, 2.24) is 0 Å². The van der Waals surface area contributed by atoms with Crippen molar-refractivity contribution in [2.24, 2.45) is 11.3 Å². The van der Waals surface area contributed by atoms with Crippen LogP contribution in [0.15, 0.2) is 0 Å². The van der Waals surface area contributed by atoms with E-state index < -0.39 is 0 Å². The van der Waals surface area contributed by atoms with Crippen LogP contribution in [0.2, 0.25) is 0 Å². The topological polar surface area (TPSA) is 0 Å². The van der Waals surface area contributed by atoms with Crippen molar-refractivity contribution in [2.45, 2.75) is 55.8 Å². The normalized spacial score (nSPS) is 39.5. The highest BCUT2D eigenvalue weighted by molar-refractivity contribution is 14.1. The van der Waals surface area contributed by atoms with E-state index in [1.807, 2.05) is 0 Å². The number of hydrogen-bond donors (Lipinski definition) is 0. The molecule has 2 aliphatic carbocycles. The fraction of sp³-hybridized carbons (Fsp3) is 1.00. The van der Waals surface area contributed by atoms with Crippen LogP contribution in [0, 0.1) is 11.3 Å². The van der Waals surface area contributed by atoms with Crippen molar-refractivity contribution < 1.29 is 0 Å². The average molecular weight is 278 g/mol. The van der Waals surface area contributed by atoms with Gasteiger partial charge in [-0.3, -0.25) is 0 Å². The first-order valence-corrected chi connectivity index (χ1v) is 6.65. The largest absolute Gasteiger partial charge is 0.0826 e. The molecule has 0 aromatic carbocycles. The fourth-order valence-electron chi connectivity index (χ4n) is 2.88. The van der Waals surface area contributed by atoms with Crippen LogP contribution in [-0.4, -0.2) is 3.92 Å². The molecular formula is C11H19I. The van der Waals surface area contributed by atoms with E-state index in [0.717, 1.165) is 15.3 Å². The van der Waals surface area contributed by atoms with Crippen LogP contribution < -0.4 is 0 Å². The van der Waals surface area contributed by atoms with Gasteiger partial charge in [0.25, 0.3) is 0 Å². The molecule has 1 heteroatoms. The second-order valence-corrected chi connectivity index (χ2v) is 6.43. The highest BCUT2D eigenvalue weighted by atomic mass is 127. The maximum Gasteiger partial charge on any atom is 0.0110 e. The van der Waals surface area contributed by atoms with Crippen LogP contribution in [0.4, 0.5) is 0 Å². The minimum atomic E-state index is 0.844. The lowest BCUT2D eigenvalue weighted by Crippen LogP contribution is -2.22. The van der Waals surface area contributed by atoms with Gasteiger partial charge in [-0.25, -0.2) is 0 Å². The van der Waals surface area contributed by atoms with Crippen molar-refractivity contribution in [3.05, 3.63) is 0 Å². The summed E-state index contributed by atoms with van der Waals surface area (Å²) in [5.41, 5.74) is 0.844. The molecule has 2 aliphatic rings. The summed E-state index contributed by atoms with van der Waals surface area (Å²) in [6.45, 7) is 2.39. The van der Waals surface area contributed by atoms with Gasteiger partial charge >= 0.3 is 0 Å². The lowest BCUT2D eigenvalue weighted by molar-refractivity contribution is 0.227. The third-order valence-corrected chi connectivity index (χ3v) is 5.36. The smallest absolute Gasteiger partial charge is 0.0110 e. The van der Waals surface area contributed by atoms with Gasteiger partial charge in [0, 0.05) is 3.92 Å². The Bertz CT molecular complexity index is 152. The number of rotatable bonds is 2. The van der Waals surface area contributed by atoms with Crippen molar-refractivity contribution in [3.8, 4) is 0 Å². The molecule has 0 amide bonds. The number of hydrogen-bond acceptors (Lipinski definition) is 0. The summed E-state index contributed by atoms with van der Waals surface area (Å²) in [5.74, 6) is 1.11. The Hall–Kier alpha value is 0.730. The molecule has 70 valence electrons. The van der Waals surface area contributed by atoms with Crippen molar-refractivity contribution in [1.29, 1.82) is 0 Å². The van der Waals surface area contributed by atoms with E-state index in [1.54, 1.807) is 12.8 Å². The lowest BCUT2D eigenvalue weighted by Gasteiger charge is -2.31. The van der Waals surface area contributed by atoms with Gasteiger partial charge in [0.2, 0.25) is 0 Å². The van der Waals surface area contributed by atoms with Crippen LogP contribution in [0.1, 0.15) is 51.9 Å². The van der Waals surface area contributed by atoms with E-state index in [0.29, 0.717) is 0 Å². The molecule has 0 heterocycles. The minimum Gasteiger partial charge on any atom is -0.0826 e. The van der Waals surface area contributed by atoms with Crippen LogP contribution in [0.25, 0.3) is 0 Å². The molecule has 0 saturated heterocycles. The second-order valence-electron chi connectivity index (χ2n) is 4.66. The summed E-state index contributed by atoms with van der Waals surface area (Å²) >= 11 is 2.63. The molecule has 2 saturated carbocycles. The molecular weight excluding hydrogens is 259 g/mol. The van der Waals surface area contributed by atoms with Crippen molar-refractivity contribution >= 4 is 22.6 Å². The summed E-state index contributed by atoms with van der Waals surface area (Å²) in [4.78, 5) is 0. The SMILES string of the molecule is CCC1(C2CCC(I)CC2)CC1. The van der Waals surface area contributed by atoms with Crippen molar-refractivity contribution in [2.75, 3.05) is 0 Å². The van der Waals surface area contributed by atoms with Crippen LogP contribution in [0.5, 0.6) is 0 Å². The van der Waals surface area contributed by atoms with Crippen molar-refractivity contribution in [3.63, 3.8) is 0 Å². The molecule has 0 N–H and O–H groups in total. The molecule has 2 fully saturated rings. The summed E-state index contributed by atoms with van der Waals surface area (Å²) in [7, 11) is 0. The van der Waals surface area contributed by atoms with Gasteiger partial charge in [0.15, 0.2) is 0 Å². The summed E-state index contributed by atoms with van der Waals surface area (Å²) in [6.07, 6.45) is 10.6. The van der Waals surface area contributed by atoms with E-state index in [1.165, 1.54) is 32.1 Å². The quantitative estimate of drug-likeness (QED) is 0.525. The molecule has 0 aromatic rings. The van der Waals surface area contributed by atoms with Gasteiger partial charge in [-0.15, -0.1) is 0 Å². The Morgan fingerprint density at radius 2 is 1.75 bits per heavy atom. The zero-order valence-corrected chi connectivity index (χ0v) is 10.1. The number of halogens is 1. The molecule has 2 rings (SSSR count). The Morgan fingerprint density at radius 1 is 1.17 bits per heavy atom. The molecule has 0 spiro atoms. The van der Waals surface area contributed by atoms with E-state index in [9.17, 15) is 0 Å². The lowest BCUT2D eigenvalue weighted by atomic mass is 9.76. The van der Waals surface area contributed by atoms with Gasteiger partial charge < -0.3 is 0 Å². The van der Waals surface area contributed by atoms with E-state index in [2.05, 4.69) is 29.5 Å². The predicted octanol–water partition coefficient (Wildman–Crippen LogP) is 4.17. The summed E-state index contributed by atoms with van der Waals surface area (Å²) in [6, 6.07) is 0. The maximum atomic E-state index is 2.63. The third kappa shape index (κ3) is 1.66. The minimum absolute atomic E-state index is 0.844. The van der Waals surface area contributed by atoms with Gasteiger partial charge in [-0.05, 0) is 49.9 Å². The molecule has 0 nitrogen and oxygen atoms in total. The molecule has 0 atom stereocenters. The van der Waals surface area contributed by atoms with E-state index in [4.69, 9.17) is 0 Å². The molecule has 0 aliphatic heterocycles. The highest BCUT2D eigenvalue weighted by Crippen LogP contribution is 2.58. The molecule has 12 heavy (non-hydrogen) atoms. The van der Waals surface area contributed by atoms with Gasteiger partial charge in [-0.1, -0.05) is 35.9 Å². The first-order valence-electron chi connectivity index (χ1n) is 5.41. The average Bonchev–Trinajstić information content (AvgIpc) is 2.86. The Morgan fingerprint density at radius 3 is 2.17 bits per heavy atom. The summed E-state index contributed by atoms with van der Waals surface area (Å²) in [5, 5.41) is 0. The Labute approximate surface area is 89.6 Å². The highest BCUT2D eigenvalue weighted by Gasteiger charge is 2.47. The molecule has 0 bridgehead atoms.